The molecule has 9 heteroatoms. The van der Waals surface area contributed by atoms with Crippen LogP contribution in [0.3, 0.4) is 0 Å². The molecular formula is C36H40ClN3O4S. The van der Waals surface area contributed by atoms with E-state index in [2.05, 4.69) is 5.32 Å². The average Bonchev–Trinajstić information content (AvgIpc) is 3.05. The molecule has 7 nitrogen and oxygen atoms in total. The number of halogens is 1. The number of hydrogen-bond acceptors (Lipinski definition) is 4. The number of para-hydroxylation sites is 1. The van der Waals surface area contributed by atoms with Crippen molar-refractivity contribution in [1.82, 2.24) is 10.2 Å². The highest BCUT2D eigenvalue weighted by molar-refractivity contribution is 7.92. The summed E-state index contributed by atoms with van der Waals surface area (Å²) in [5, 5.41) is 3.45. The highest BCUT2D eigenvalue weighted by atomic mass is 35.5. The van der Waals surface area contributed by atoms with Gasteiger partial charge in [-0.2, -0.15) is 0 Å². The van der Waals surface area contributed by atoms with Crippen molar-refractivity contribution in [2.45, 2.75) is 51.1 Å². The van der Waals surface area contributed by atoms with E-state index in [0.717, 1.165) is 15.4 Å². The second-order valence-corrected chi connectivity index (χ2v) is 13.5. The van der Waals surface area contributed by atoms with Gasteiger partial charge in [0.2, 0.25) is 11.8 Å². The second-order valence-electron chi connectivity index (χ2n) is 11.3. The SMILES string of the molecule is CCc1ccccc1N(CC(=O)N(Cc1ccccc1Cl)[C@@H](Cc1ccccc1)C(=O)NCC(C)C)S(=O)(=O)c1ccccc1. The van der Waals surface area contributed by atoms with Gasteiger partial charge in [-0.05, 0) is 53.3 Å². The van der Waals surface area contributed by atoms with Crippen LogP contribution in [-0.2, 0) is 39.0 Å². The molecule has 4 aromatic carbocycles. The lowest BCUT2D eigenvalue weighted by Gasteiger charge is -2.34. The molecule has 0 fully saturated rings. The Morgan fingerprint density at radius 3 is 2.00 bits per heavy atom. The van der Waals surface area contributed by atoms with Gasteiger partial charge < -0.3 is 10.2 Å². The van der Waals surface area contributed by atoms with Gasteiger partial charge in [0, 0.05) is 24.5 Å². The summed E-state index contributed by atoms with van der Waals surface area (Å²) in [6.45, 7) is 5.86. The van der Waals surface area contributed by atoms with Gasteiger partial charge in [-0.25, -0.2) is 8.42 Å². The predicted molar refractivity (Wildman–Crippen MR) is 181 cm³/mol. The van der Waals surface area contributed by atoms with E-state index in [1.807, 2.05) is 69.3 Å². The van der Waals surface area contributed by atoms with Crippen LogP contribution in [-0.4, -0.2) is 44.3 Å². The molecule has 0 bridgehead atoms. The van der Waals surface area contributed by atoms with Crippen LogP contribution in [0.4, 0.5) is 5.69 Å². The zero-order chi connectivity index (χ0) is 32.4. The molecule has 1 N–H and O–H groups in total. The van der Waals surface area contributed by atoms with E-state index in [4.69, 9.17) is 11.6 Å². The minimum absolute atomic E-state index is 0.0136. The third-order valence-electron chi connectivity index (χ3n) is 7.51. The fourth-order valence-electron chi connectivity index (χ4n) is 5.07. The summed E-state index contributed by atoms with van der Waals surface area (Å²) in [6, 6.07) is 30.9. The number of amides is 2. The number of carbonyl (C=O) groups is 2. The molecule has 0 aliphatic rings. The maximum absolute atomic E-state index is 14.6. The van der Waals surface area contributed by atoms with Gasteiger partial charge in [0.25, 0.3) is 10.0 Å². The Hall–Kier alpha value is -4.14. The molecule has 0 heterocycles. The zero-order valence-electron chi connectivity index (χ0n) is 25.9. The molecule has 0 aliphatic carbocycles. The van der Waals surface area contributed by atoms with Crippen molar-refractivity contribution in [3.63, 3.8) is 0 Å². The number of carbonyl (C=O) groups excluding carboxylic acids is 2. The first kappa shape index (κ1) is 33.7. The van der Waals surface area contributed by atoms with Crippen LogP contribution in [0.15, 0.2) is 114 Å². The normalized spacial score (nSPS) is 12.0. The van der Waals surface area contributed by atoms with Crippen molar-refractivity contribution in [3.8, 4) is 0 Å². The summed E-state index contributed by atoms with van der Waals surface area (Å²) in [5.41, 5.74) is 2.70. The van der Waals surface area contributed by atoms with Gasteiger partial charge in [0.1, 0.15) is 12.6 Å². The molecule has 0 unspecified atom stereocenters. The molecule has 1 atom stereocenters. The maximum atomic E-state index is 14.6. The largest absolute Gasteiger partial charge is 0.354 e. The highest BCUT2D eigenvalue weighted by Gasteiger charge is 2.35. The van der Waals surface area contributed by atoms with Gasteiger partial charge in [-0.1, -0.05) is 117 Å². The first-order chi connectivity index (χ1) is 21.6. The Bertz CT molecular complexity index is 1680. The van der Waals surface area contributed by atoms with Crippen molar-refractivity contribution in [3.05, 3.63) is 131 Å². The first-order valence-corrected chi connectivity index (χ1v) is 16.9. The molecule has 236 valence electrons. The van der Waals surface area contributed by atoms with Crippen LogP contribution in [0.1, 0.15) is 37.5 Å². The summed E-state index contributed by atoms with van der Waals surface area (Å²) in [5.74, 6) is -0.656. The molecule has 4 rings (SSSR count). The van der Waals surface area contributed by atoms with E-state index >= 15 is 0 Å². The summed E-state index contributed by atoms with van der Waals surface area (Å²) in [6.07, 6.45) is 0.792. The van der Waals surface area contributed by atoms with Gasteiger partial charge in [-0.15, -0.1) is 0 Å². The number of sulfonamides is 1. The summed E-state index contributed by atoms with van der Waals surface area (Å²) < 4.78 is 29.6. The van der Waals surface area contributed by atoms with Crippen molar-refractivity contribution in [2.75, 3.05) is 17.4 Å². The number of anilines is 1. The highest BCUT2D eigenvalue weighted by Crippen LogP contribution is 2.29. The van der Waals surface area contributed by atoms with E-state index in [1.165, 1.54) is 17.0 Å². The molecule has 45 heavy (non-hydrogen) atoms. The molecule has 0 spiro atoms. The van der Waals surface area contributed by atoms with Crippen LogP contribution < -0.4 is 9.62 Å². The van der Waals surface area contributed by atoms with Crippen LogP contribution in [0, 0.1) is 5.92 Å². The molecule has 0 radical (unpaired) electrons. The Kier molecular flexibility index (Phi) is 11.8. The van der Waals surface area contributed by atoms with Crippen molar-refractivity contribution in [2.24, 2.45) is 5.92 Å². The van der Waals surface area contributed by atoms with Gasteiger partial charge in [0.15, 0.2) is 0 Å². The Morgan fingerprint density at radius 2 is 1.38 bits per heavy atom. The molecular weight excluding hydrogens is 606 g/mol. The zero-order valence-corrected chi connectivity index (χ0v) is 27.5. The van der Waals surface area contributed by atoms with Crippen molar-refractivity contribution in [1.29, 1.82) is 0 Å². The standard InChI is InChI=1S/C36H40ClN3O4S/c1-4-29-17-12-14-22-33(29)40(45(43,44)31-19-9-6-10-20-31)26-35(41)39(25-30-18-11-13-21-32(30)37)34(36(42)38-24-27(2)3)23-28-15-7-5-8-16-28/h5-22,27,34H,4,23-26H2,1-3H3,(H,38,42)/t34-/m0/s1. The lowest BCUT2D eigenvalue weighted by molar-refractivity contribution is -0.140. The van der Waals surface area contributed by atoms with Gasteiger partial charge in [0.05, 0.1) is 10.6 Å². The molecule has 0 aromatic heterocycles. The lowest BCUT2D eigenvalue weighted by Crippen LogP contribution is -2.53. The van der Waals surface area contributed by atoms with Crippen molar-refractivity contribution < 1.29 is 18.0 Å². The van der Waals surface area contributed by atoms with Crippen LogP contribution in [0.5, 0.6) is 0 Å². The van der Waals surface area contributed by atoms with E-state index in [1.54, 1.807) is 48.5 Å². The number of nitrogens with one attached hydrogen (secondary N) is 1. The smallest absolute Gasteiger partial charge is 0.264 e. The summed E-state index contributed by atoms with van der Waals surface area (Å²) >= 11 is 6.57. The van der Waals surface area contributed by atoms with E-state index in [-0.39, 0.29) is 29.7 Å². The fraction of sp³-hybridized carbons (Fsp3) is 0.278. The number of hydrogen-bond donors (Lipinski definition) is 1. The Morgan fingerprint density at radius 1 is 0.800 bits per heavy atom. The predicted octanol–water partition coefficient (Wildman–Crippen LogP) is 6.51. The maximum Gasteiger partial charge on any atom is 0.264 e. The summed E-state index contributed by atoms with van der Waals surface area (Å²) in [7, 11) is -4.16. The van der Waals surface area contributed by atoms with Gasteiger partial charge in [-0.3, -0.25) is 13.9 Å². The number of nitrogens with zero attached hydrogens (tertiary/aromatic N) is 2. The molecule has 0 aliphatic heterocycles. The third-order valence-corrected chi connectivity index (χ3v) is 9.65. The Labute approximate surface area is 271 Å². The van der Waals surface area contributed by atoms with Crippen LogP contribution >= 0.6 is 11.6 Å². The van der Waals surface area contributed by atoms with Crippen molar-refractivity contribution >= 4 is 39.1 Å². The average molecular weight is 646 g/mol. The molecule has 2 amide bonds. The number of aryl methyl sites for hydroxylation is 1. The van der Waals surface area contributed by atoms with Crippen LogP contribution in [0.2, 0.25) is 5.02 Å². The van der Waals surface area contributed by atoms with Gasteiger partial charge >= 0.3 is 0 Å². The second kappa shape index (κ2) is 15.7. The topological polar surface area (TPSA) is 86.8 Å². The van der Waals surface area contributed by atoms with E-state index in [0.29, 0.717) is 29.2 Å². The quantitative estimate of drug-likeness (QED) is 0.169. The van der Waals surface area contributed by atoms with Crippen LogP contribution in [0.25, 0.3) is 0 Å². The molecule has 4 aromatic rings. The fourth-order valence-corrected chi connectivity index (χ4v) is 6.74. The molecule has 0 saturated heterocycles. The minimum Gasteiger partial charge on any atom is -0.354 e. The molecule has 0 saturated carbocycles. The lowest BCUT2D eigenvalue weighted by atomic mass is 10.0. The first-order valence-electron chi connectivity index (χ1n) is 15.1. The van der Waals surface area contributed by atoms with E-state index in [9.17, 15) is 18.0 Å². The third kappa shape index (κ3) is 8.74. The minimum atomic E-state index is -4.16. The monoisotopic (exact) mass is 645 g/mol. The summed E-state index contributed by atoms with van der Waals surface area (Å²) in [4.78, 5) is 30.0. The Balaban J connectivity index is 1.83. The van der Waals surface area contributed by atoms with E-state index < -0.39 is 28.5 Å². The number of rotatable bonds is 14. The number of benzene rings is 4.